The van der Waals surface area contributed by atoms with E-state index in [9.17, 15) is 13.2 Å². The summed E-state index contributed by atoms with van der Waals surface area (Å²) < 4.78 is 45.9. The van der Waals surface area contributed by atoms with E-state index in [1.165, 1.54) is 27.8 Å². The molecule has 0 radical (unpaired) electrons. The number of morpholine rings is 1. The highest BCUT2D eigenvalue weighted by atomic mass is 35.5. The minimum atomic E-state index is -3.70. The molecule has 0 bridgehead atoms. The SMILES string of the molecule is CC1CN(S(=O)(=O)c2ccc(C(=O)N(CCN(C)C)c3nc4cc5c(cc4s3)OCCO5)cc2)CC(C)O1.Cl. The zero-order chi connectivity index (χ0) is 27.0. The molecule has 39 heavy (non-hydrogen) atoms. The smallest absolute Gasteiger partial charge is 0.260 e. The van der Waals surface area contributed by atoms with Crippen molar-refractivity contribution in [2.45, 2.75) is 31.0 Å². The number of anilines is 1. The van der Waals surface area contributed by atoms with E-state index in [0.29, 0.717) is 61.6 Å². The highest BCUT2D eigenvalue weighted by Gasteiger charge is 2.32. The summed E-state index contributed by atoms with van der Waals surface area (Å²) in [5.74, 6) is 1.07. The van der Waals surface area contributed by atoms with Gasteiger partial charge in [0.1, 0.15) is 13.2 Å². The van der Waals surface area contributed by atoms with Crippen LogP contribution < -0.4 is 14.4 Å². The second-order valence-corrected chi connectivity index (χ2v) is 12.8. The predicted octanol–water partition coefficient (Wildman–Crippen LogP) is 3.50. The van der Waals surface area contributed by atoms with Crippen LogP contribution >= 0.6 is 23.7 Å². The number of carbonyl (C=O) groups excluding carboxylic acids is 1. The normalized spacial score (nSPS) is 19.6. The molecular weight excluding hydrogens is 564 g/mol. The van der Waals surface area contributed by atoms with Crippen LogP contribution in [0.15, 0.2) is 41.3 Å². The minimum absolute atomic E-state index is 0. The lowest BCUT2D eigenvalue weighted by molar-refractivity contribution is -0.0440. The van der Waals surface area contributed by atoms with E-state index in [-0.39, 0.29) is 35.4 Å². The number of nitrogens with zero attached hydrogens (tertiary/aromatic N) is 4. The number of hydrogen-bond acceptors (Lipinski definition) is 9. The van der Waals surface area contributed by atoms with Crippen molar-refractivity contribution < 1.29 is 27.4 Å². The van der Waals surface area contributed by atoms with E-state index < -0.39 is 10.0 Å². The quantitative estimate of drug-likeness (QED) is 0.408. The number of carbonyl (C=O) groups is 1. The average Bonchev–Trinajstić information content (AvgIpc) is 3.29. The third kappa shape index (κ3) is 6.31. The predicted molar refractivity (Wildman–Crippen MR) is 153 cm³/mol. The zero-order valence-corrected chi connectivity index (χ0v) is 24.8. The van der Waals surface area contributed by atoms with E-state index in [1.807, 2.05) is 45.0 Å². The summed E-state index contributed by atoms with van der Waals surface area (Å²) in [5.41, 5.74) is 1.11. The third-order valence-corrected chi connectivity index (χ3v) is 9.30. The summed E-state index contributed by atoms with van der Waals surface area (Å²) in [6.45, 7) is 6.34. The van der Waals surface area contributed by atoms with Gasteiger partial charge in [0.2, 0.25) is 10.0 Å². The van der Waals surface area contributed by atoms with Gasteiger partial charge in [-0.3, -0.25) is 9.69 Å². The number of ether oxygens (including phenoxy) is 3. The van der Waals surface area contributed by atoms with E-state index in [1.54, 1.807) is 17.0 Å². The molecule has 0 spiro atoms. The first kappa shape index (κ1) is 29.5. The molecule has 2 aliphatic rings. The Morgan fingerprint density at radius 1 is 1.03 bits per heavy atom. The topological polar surface area (TPSA) is 102 Å². The molecule has 13 heteroatoms. The standard InChI is InChI=1S/C26H32N4O6S2.ClH/c1-17-15-29(16-18(2)36-17)38(32,33)20-7-5-19(6-8-20)25(31)30(10-9-28(3)4)26-27-21-13-22-23(14-24(21)37-26)35-12-11-34-22;/h5-8,13-14,17-18H,9-12,15-16H2,1-4H3;1H. The molecule has 0 saturated carbocycles. The first-order chi connectivity index (χ1) is 18.1. The van der Waals surface area contributed by atoms with Crippen molar-refractivity contribution in [1.29, 1.82) is 0 Å². The Morgan fingerprint density at radius 2 is 1.64 bits per heavy atom. The van der Waals surface area contributed by atoms with Crippen LogP contribution in [0.5, 0.6) is 11.5 Å². The van der Waals surface area contributed by atoms with Crippen LogP contribution in [-0.4, -0.2) is 94.2 Å². The molecule has 1 aromatic heterocycles. The van der Waals surface area contributed by atoms with Gasteiger partial charge >= 0.3 is 0 Å². The van der Waals surface area contributed by atoms with Gasteiger partial charge in [0.25, 0.3) is 5.91 Å². The van der Waals surface area contributed by atoms with Crippen molar-refractivity contribution in [2.75, 3.05) is 58.4 Å². The van der Waals surface area contributed by atoms with E-state index >= 15 is 0 Å². The molecular formula is C26H33ClN4O6S2. The number of hydrogen-bond donors (Lipinski definition) is 0. The molecule has 3 aromatic rings. The van der Waals surface area contributed by atoms with Crippen molar-refractivity contribution in [2.24, 2.45) is 0 Å². The molecule has 3 heterocycles. The van der Waals surface area contributed by atoms with Crippen LogP contribution in [0.2, 0.25) is 0 Å². The molecule has 5 rings (SSSR count). The molecule has 2 unspecified atom stereocenters. The summed E-state index contributed by atoms with van der Waals surface area (Å²) in [6.07, 6.45) is -0.366. The van der Waals surface area contributed by atoms with E-state index in [2.05, 4.69) is 0 Å². The number of rotatable bonds is 7. The average molecular weight is 597 g/mol. The Bertz CT molecular complexity index is 1380. The molecule has 2 aromatic carbocycles. The highest BCUT2D eigenvalue weighted by molar-refractivity contribution is 7.89. The number of likely N-dealkylation sites (N-methyl/N-ethyl adjacent to an activating group) is 1. The van der Waals surface area contributed by atoms with Gasteiger partial charge in [0, 0.05) is 43.9 Å². The molecule has 2 atom stereocenters. The molecule has 0 N–H and O–H groups in total. The fraction of sp³-hybridized carbons (Fsp3) is 0.462. The highest BCUT2D eigenvalue weighted by Crippen LogP contribution is 2.39. The zero-order valence-electron chi connectivity index (χ0n) is 22.3. The van der Waals surface area contributed by atoms with Crippen molar-refractivity contribution >= 4 is 55.0 Å². The maximum absolute atomic E-state index is 13.7. The molecule has 2 aliphatic heterocycles. The summed E-state index contributed by atoms with van der Waals surface area (Å²) in [7, 11) is 0.180. The minimum Gasteiger partial charge on any atom is -0.486 e. The van der Waals surface area contributed by atoms with Gasteiger partial charge < -0.3 is 19.1 Å². The lowest BCUT2D eigenvalue weighted by Crippen LogP contribution is -2.48. The third-order valence-electron chi connectivity index (χ3n) is 6.41. The number of fused-ring (bicyclic) bond motifs is 2. The molecule has 1 fully saturated rings. The van der Waals surface area contributed by atoms with E-state index in [4.69, 9.17) is 19.2 Å². The molecule has 212 valence electrons. The van der Waals surface area contributed by atoms with Crippen LogP contribution in [-0.2, 0) is 14.8 Å². The van der Waals surface area contributed by atoms with Gasteiger partial charge in [-0.15, -0.1) is 12.4 Å². The monoisotopic (exact) mass is 596 g/mol. The largest absolute Gasteiger partial charge is 0.486 e. The van der Waals surface area contributed by atoms with Gasteiger partial charge in [0.15, 0.2) is 16.6 Å². The molecule has 1 amide bonds. The van der Waals surface area contributed by atoms with Gasteiger partial charge in [-0.1, -0.05) is 11.3 Å². The van der Waals surface area contributed by atoms with Crippen molar-refractivity contribution in [3.63, 3.8) is 0 Å². The molecule has 0 aliphatic carbocycles. The number of benzene rings is 2. The summed E-state index contributed by atoms with van der Waals surface area (Å²) in [5, 5.41) is 0.558. The van der Waals surface area contributed by atoms with Gasteiger partial charge in [-0.05, 0) is 52.2 Å². The first-order valence-electron chi connectivity index (χ1n) is 12.5. The summed E-state index contributed by atoms with van der Waals surface area (Å²) in [4.78, 5) is 22.2. The molecule has 1 saturated heterocycles. The van der Waals surface area contributed by atoms with Crippen LogP contribution in [0.3, 0.4) is 0 Å². The van der Waals surface area contributed by atoms with Crippen LogP contribution in [0.25, 0.3) is 10.2 Å². The summed E-state index contributed by atoms with van der Waals surface area (Å²) >= 11 is 1.40. The van der Waals surface area contributed by atoms with Crippen LogP contribution in [0.4, 0.5) is 5.13 Å². The fourth-order valence-corrected chi connectivity index (χ4v) is 7.14. The lowest BCUT2D eigenvalue weighted by atomic mass is 10.2. The fourth-order valence-electron chi connectivity index (χ4n) is 4.55. The lowest BCUT2D eigenvalue weighted by Gasteiger charge is -2.34. The maximum Gasteiger partial charge on any atom is 0.260 e. The van der Waals surface area contributed by atoms with Gasteiger partial charge in [0.05, 0.1) is 27.3 Å². The Kier molecular flexibility index (Phi) is 9.04. The van der Waals surface area contributed by atoms with Gasteiger partial charge in [-0.2, -0.15) is 4.31 Å². The Labute approximate surface area is 238 Å². The van der Waals surface area contributed by atoms with E-state index in [0.717, 1.165) is 10.2 Å². The second kappa shape index (κ2) is 11.9. The van der Waals surface area contributed by atoms with Crippen molar-refractivity contribution in [3.8, 4) is 11.5 Å². The van der Waals surface area contributed by atoms with Crippen molar-refractivity contribution in [3.05, 3.63) is 42.0 Å². The Morgan fingerprint density at radius 3 is 2.26 bits per heavy atom. The number of aromatic nitrogens is 1. The van der Waals surface area contributed by atoms with Crippen molar-refractivity contribution in [1.82, 2.24) is 14.2 Å². The molecule has 10 nitrogen and oxygen atoms in total. The number of amides is 1. The maximum atomic E-state index is 13.7. The van der Waals surface area contributed by atoms with Crippen LogP contribution in [0.1, 0.15) is 24.2 Å². The number of sulfonamides is 1. The Balaban J connectivity index is 0.00000353. The second-order valence-electron chi connectivity index (χ2n) is 9.82. The summed E-state index contributed by atoms with van der Waals surface area (Å²) in [6, 6.07) is 9.87. The Hall–Kier alpha value is -2.48. The number of halogens is 1. The van der Waals surface area contributed by atoms with Gasteiger partial charge in [-0.25, -0.2) is 13.4 Å². The number of thiazole rings is 1. The first-order valence-corrected chi connectivity index (χ1v) is 14.8. The van der Waals surface area contributed by atoms with Crippen LogP contribution in [0, 0.1) is 0 Å².